The maximum absolute atomic E-state index is 12.1. The van der Waals surface area contributed by atoms with Crippen molar-refractivity contribution in [2.24, 2.45) is 5.73 Å². The molecule has 0 unspecified atom stereocenters. The Morgan fingerprint density at radius 2 is 1.75 bits per heavy atom. The van der Waals surface area contributed by atoms with E-state index in [0.717, 1.165) is 16.8 Å². The molecule has 0 saturated carbocycles. The van der Waals surface area contributed by atoms with Gasteiger partial charge in [-0.2, -0.15) is 0 Å². The van der Waals surface area contributed by atoms with Crippen molar-refractivity contribution in [1.82, 2.24) is 0 Å². The van der Waals surface area contributed by atoms with Crippen LogP contribution in [0, 0.1) is 18.8 Å². The molecule has 3 heteroatoms. The number of anilines is 1. The summed E-state index contributed by atoms with van der Waals surface area (Å²) in [6.07, 6.45) is 0. The predicted molar refractivity (Wildman–Crippen MR) is 81.5 cm³/mol. The molecule has 0 heterocycles. The highest BCUT2D eigenvalue weighted by Crippen LogP contribution is 2.11. The zero-order valence-electron chi connectivity index (χ0n) is 11.3. The Labute approximate surface area is 118 Å². The summed E-state index contributed by atoms with van der Waals surface area (Å²) in [5, 5.41) is 2.85. The molecule has 0 saturated heterocycles. The number of nitrogens with one attached hydrogen (secondary N) is 1. The van der Waals surface area contributed by atoms with Crippen molar-refractivity contribution in [1.29, 1.82) is 0 Å². The fraction of sp³-hybridized carbons (Fsp3) is 0.118. The van der Waals surface area contributed by atoms with Gasteiger partial charge in [-0.3, -0.25) is 4.79 Å². The van der Waals surface area contributed by atoms with E-state index in [-0.39, 0.29) is 5.91 Å². The smallest absolute Gasteiger partial charge is 0.255 e. The molecule has 20 heavy (non-hydrogen) atoms. The molecule has 1 amide bonds. The van der Waals surface area contributed by atoms with Crippen LogP contribution in [0.1, 0.15) is 21.5 Å². The number of nitrogens with two attached hydrogens (primary N) is 1. The van der Waals surface area contributed by atoms with Gasteiger partial charge in [0.05, 0.1) is 6.54 Å². The van der Waals surface area contributed by atoms with Crippen LogP contribution < -0.4 is 11.1 Å². The molecule has 100 valence electrons. The number of hydrogen-bond acceptors (Lipinski definition) is 2. The zero-order chi connectivity index (χ0) is 14.4. The topological polar surface area (TPSA) is 55.1 Å². The van der Waals surface area contributed by atoms with Crippen LogP contribution in [0.4, 0.5) is 5.69 Å². The number of hydrogen-bond donors (Lipinski definition) is 2. The minimum atomic E-state index is -0.132. The van der Waals surface area contributed by atoms with E-state index in [2.05, 4.69) is 17.2 Å². The first-order chi connectivity index (χ1) is 9.69. The highest BCUT2D eigenvalue weighted by molar-refractivity contribution is 6.04. The van der Waals surface area contributed by atoms with Crippen LogP contribution in [0.5, 0.6) is 0 Å². The third-order valence-corrected chi connectivity index (χ3v) is 2.79. The number of amides is 1. The van der Waals surface area contributed by atoms with Crippen molar-refractivity contribution in [3.8, 4) is 11.8 Å². The summed E-state index contributed by atoms with van der Waals surface area (Å²) in [6, 6.07) is 14.8. The molecule has 2 aromatic carbocycles. The first-order valence-electron chi connectivity index (χ1n) is 6.36. The largest absolute Gasteiger partial charge is 0.322 e. The summed E-state index contributed by atoms with van der Waals surface area (Å²) in [5.41, 5.74) is 8.71. The van der Waals surface area contributed by atoms with Crippen molar-refractivity contribution >= 4 is 11.6 Å². The summed E-state index contributed by atoms with van der Waals surface area (Å²) >= 11 is 0. The van der Waals surface area contributed by atoms with Gasteiger partial charge in [0, 0.05) is 16.8 Å². The summed E-state index contributed by atoms with van der Waals surface area (Å²) < 4.78 is 0. The maximum atomic E-state index is 12.1. The molecule has 0 fully saturated rings. The van der Waals surface area contributed by atoms with Gasteiger partial charge in [0.25, 0.3) is 5.91 Å². The average molecular weight is 264 g/mol. The molecule has 0 aliphatic rings. The minimum Gasteiger partial charge on any atom is -0.322 e. The standard InChI is InChI=1S/C17H16N2O/c1-13-4-10-16(11-5-13)19-17(20)15-8-6-14(7-9-15)3-2-12-18/h4-11H,12,18H2,1H3,(H,19,20). The van der Waals surface area contributed by atoms with Crippen LogP contribution in [-0.2, 0) is 0 Å². The highest BCUT2D eigenvalue weighted by atomic mass is 16.1. The minimum absolute atomic E-state index is 0.132. The number of benzene rings is 2. The van der Waals surface area contributed by atoms with Crippen molar-refractivity contribution in [3.63, 3.8) is 0 Å². The van der Waals surface area contributed by atoms with Gasteiger partial charge < -0.3 is 11.1 Å². The fourth-order valence-electron chi connectivity index (χ4n) is 1.70. The summed E-state index contributed by atoms with van der Waals surface area (Å²) in [6.45, 7) is 2.34. The molecule has 0 spiro atoms. The van der Waals surface area contributed by atoms with E-state index in [1.165, 1.54) is 0 Å². The number of carbonyl (C=O) groups is 1. The fourth-order valence-corrected chi connectivity index (χ4v) is 1.70. The van der Waals surface area contributed by atoms with Crippen molar-refractivity contribution in [3.05, 3.63) is 65.2 Å². The Bertz CT molecular complexity index is 646. The van der Waals surface area contributed by atoms with Gasteiger partial charge in [-0.15, -0.1) is 0 Å². The van der Waals surface area contributed by atoms with Crippen LogP contribution in [0.2, 0.25) is 0 Å². The number of aryl methyl sites for hydroxylation is 1. The molecule has 0 aromatic heterocycles. The Morgan fingerprint density at radius 1 is 1.10 bits per heavy atom. The molecule has 0 aliphatic heterocycles. The highest BCUT2D eigenvalue weighted by Gasteiger charge is 2.05. The summed E-state index contributed by atoms with van der Waals surface area (Å²) in [4.78, 5) is 12.1. The van der Waals surface area contributed by atoms with Crippen molar-refractivity contribution in [2.75, 3.05) is 11.9 Å². The molecule has 0 atom stereocenters. The monoisotopic (exact) mass is 264 g/mol. The number of rotatable bonds is 2. The molecule has 3 nitrogen and oxygen atoms in total. The quantitative estimate of drug-likeness (QED) is 0.819. The first-order valence-corrected chi connectivity index (χ1v) is 6.36. The molecule has 0 bridgehead atoms. The summed E-state index contributed by atoms with van der Waals surface area (Å²) in [5.74, 6) is 5.56. The van der Waals surface area contributed by atoms with E-state index < -0.39 is 0 Å². The second kappa shape index (κ2) is 6.55. The van der Waals surface area contributed by atoms with Crippen LogP contribution in [0.3, 0.4) is 0 Å². The Kier molecular flexibility index (Phi) is 4.54. The second-order valence-corrected chi connectivity index (χ2v) is 4.40. The second-order valence-electron chi connectivity index (χ2n) is 4.40. The molecular formula is C17H16N2O. The van der Waals surface area contributed by atoms with Gasteiger partial charge in [-0.1, -0.05) is 29.5 Å². The molecular weight excluding hydrogens is 248 g/mol. The lowest BCUT2D eigenvalue weighted by atomic mass is 10.1. The van der Waals surface area contributed by atoms with E-state index in [1.54, 1.807) is 12.1 Å². The van der Waals surface area contributed by atoms with E-state index in [0.29, 0.717) is 12.1 Å². The average Bonchev–Trinajstić information content (AvgIpc) is 2.48. The van der Waals surface area contributed by atoms with Gasteiger partial charge in [0.1, 0.15) is 0 Å². The van der Waals surface area contributed by atoms with Crippen molar-refractivity contribution < 1.29 is 4.79 Å². The van der Waals surface area contributed by atoms with Crippen molar-refractivity contribution in [2.45, 2.75) is 6.92 Å². The van der Waals surface area contributed by atoms with Gasteiger partial charge in [0.2, 0.25) is 0 Å². The third kappa shape index (κ3) is 3.71. The van der Waals surface area contributed by atoms with Crippen LogP contribution in [0.25, 0.3) is 0 Å². The van der Waals surface area contributed by atoms with E-state index >= 15 is 0 Å². The van der Waals surface area contributed by atoms with Gasteiger partial charge >= 0.3 is 0 Å². The molecule has 3 N–H and O–H groups in total. The molecule has 0 aliphatic carbocycles. The summed E-state index contributed by atoms with van der Waals surface area (Å²) in [7, 11) is 0. The normalized spacial score (nSPS) is 9.50. The third-order valence-electron chi connectivity index (χ3n) is 2.79. The van der Waals surface area contributed by atoms with Crippen LogP contribution >= 0.6 is 0 Å². The van der Waals surface area contributed by atoms with E-state index in [9.17, 15) is 4.79 Å². The van der Waals surface area contributed by atoms with E-state index in [1.807, 2.05) is 43.3 Å². The van der Waals surface area contributed by atoms with Crippen LogP contribution in [0.15, 0.2) is 48.5 Å². The SMILES string of the molecule is Cc1ccc(NC(=O)c2ccc(C#CCN)cc2)cc1. The zero-order valence-corrected chi connectivity index (χ0v) is 11.3. The molecule has 0 radical (unpaired) electrons. The lowest BCUT2D eigenvalue weighted by Gasteiger charge is -2.05. The lowest BCUT2D eigenvalue weighted by molar-refractivity contribution is 0.102. The van der Waals surface area contributed by atoms with Gasteiger partial charge in [-0.25, -0.2) is 0 Å². The Balaban J connectivity index is 2.07. The molecule has 2 rings (SSSR count). The Morgan fingerprint density at radius 3 is 2.35 bits per heavy atom. The number of carbonyl (C=O) groups excluding carboxylic acids is 1. The van der Waals surface area contributed by atoms with Gasteiger partial charge in [0.15, 0.2) is 0 Å². The van der Waals surface area contributed by atoms with Crippen LogP contribution in [-0.4, -0.2) is 12.5 Å². The lowest BCUT2D eigenvalue weighted by Crippen LogP contribution is -2.11. The van der Waals surface area contributed by atoms with Gasteiger partial charge in [-0.05, 0) is 43.3 Å². The van der Waals surface area contributed by atoms with E-state index in [4.69, 9.17) is 5.73 Å². The predicted octanol–water partition coefficient (Wildman–Crippen LogP) is 2.56. The maximum Gasteiger partial charge on any atom is 0.255 e. The Hall–Kier alpha value is -2.57. The molecule has 2 aromatic rings. The first kappa shape index (κ1) is 13.9.